The van der Waals surface area contributed by atoms with E-state index in [1.807, 2.05) is 85.8 Å². The van der Waals surface area contributed by atoms with Crippen molar-refractivity contribution in [1.82, 2.24) is 14.8 Å². The van der Waals surface area contributed by atoms with E-state index in [-0.39, 0.29) is 17.5 Å². The van der Waals surface area contributed by atoms with Crippen LogP contribution >= 0.6 is 0 Å². The van der Waals surface area contributed by atoms with E-state index < -0.39 is 6.10 Å². The fourth-order valence-electron chi connectivity index (χ4n) is 5.16. The maximum absolute atomic E-state index is 14.1. The third-order valence-electron chi connectivity index (χ3n) is 6.97. The van der Waals surface area contributed by atoms with Crippen molar-refractivity contribution >= 4 is 16.7 Å². The van der Waals surface area contributed by atoms with Crippen LogP contribution in [-0.2, 0) is 6.54 Å². The lowest BCUT2D eigenvalue weighted by molar-refractivity contribution is 0.0934. The Morgan fingerprint density at radius 3 is 2.25 bits per heavy atom. The summed E-state index contributed by atoms with van der Waals surface area (Å²) in [5, 5.41) is 14.5. The highest BCUT2D eigenvalue weighted by atomic mass is 16.3. The van der Waals surface area contributed by atoms with Gasteiger partial charge in [-0.25, -0.2) is 0 Å². The topological polar surface area (TPSA) is 74.6 Å². The second kappa shape index (κ2) is 10.5. The number of pyridine rings is 1. The first-order valence-electron chi connectivity index (χ1n) is 12.5. The van der Waals surface area contributed by atoms with Crippen molar-refractivity contribution in [2.75, 3.05) is 13.1 Å². The van der Waals surface area contributed by atoms with Gasteiger partial charge in [0.25, 0.3) is 11.5 Å². The average molecular weight is 482 g/mol. The highest BCUT2D eigenvalue weighted by Gasteiger charge is 2.28. The van der Waals surface area contributed by atoms with Crippen molar-refractivity contribution in [3.8, 4) is 5.69 Å². The number of amides is 1. The fraction of sp³-hybridized carbons (Fsp3) is 0.267. The Balaban J connectivity index is 1.70. The highest BCUT2D eigenvalue weighted by molar-refractivity contribution is 6.08. The Morgan fingerprint density at radius 2 is 1.61 bits per heavy atom. The van der Waals surface area contributed by atoms with Gasteiger partial charge in [0.2, 0.25) is 0 Å². The van der Waals surface area contributed by atoms with Crippen LogP contribution in [0, 0.1) is 0 Å². The highest BCUT2D eigenvalue weighted by Crippen LogP contribution is 2.27. The number of rotatable bonds is 7. The molecule has 0 spiro atoms. The van der Waals surface area contributed by atoms with Crippen LogP contribution < -0.4 is 10.9 Å². The summed E-state index contributed by atoms with van der Waals surface area (Å²) in [4.78, 5) is 30.0. The van der Waals surface area contributed by atoms with Gasteiger partial charge in [0.1, 0.15) is 0 Å². The predicted octanol–water partition coefficient (Wildman–Crippen LogP) is 4.44. The number of nitrogens with zero attached hydrogens (tertiary/aromatic N) is 2. The van der Waals surface area contributed by atoms with E-state index in [1.165, 1.54) is 0 Å². The summed E-state index contributed by atoms with van der Waals surface area (Å²) in [6, 6.07) is 26.6. The summed E-state index contributed by atoms with van der Waals surface area (Å²) in [6.45, 7) is 3.66. The maximum atomic E-state index is 14.1. The van der Waals surface area contributed by atoms with E-state index in [9.17, 15) is 14.7 Å². The fourth-order valence-corrected chi connectivity index (χ4v) is 5.16. The maximum Gasteiger partial charge on any atom is 0.263 e. The van der Waals surface area contributed by atoms with Gasteiger partial charge in [-0.15, -0.1) is 0 Å². The number of aliphatic hydroxyl groups is 1. The number of carbonyl (C=O) groups is 1. The van der Waals surface area contributed by atoms with Gasteiger partial charge in [-0.2, -0.15) is 0 Å². The molecular formula is C30H31N3O3. The van der Waals surface area contributed by atoms with Crippen LogP contribution in [-0.4, -0.2) is 39.7 Å². The quantitative estimate of drug-likeness (QED) is 0.409. The zero-order valence-electron chi connectivity index (χ0n) is 20.4. The molecule has 6 nitrogen and oxygen atoms in total. The number of likely N-dealkylation sites (tertiary alicyclic amines) is 1. The summed E-state index contributed by atoms with van der Waals surface area (Å²) in [6.07, 6.45) is 1.01. The number of nitrogens with one attached hydrogen (secondary N) is 1. The standard InChI is InChI=1S/C30H31N3O3/c1-2-26(21-11-5-3-6-12-21)31-29(35)28-24-15-9-10-16-25(24)30(36)33(22-13-7-4-8-14-22)27(28)20-32-18-17-23(34)19-32/h3-16,23,26,34H,2,17-20H2,1H3,(H,31,35)/t23-,26+/m1/s1. The molecule has 1 aromatic heterocycles. The lowest BCUT2D eigenvalue weighted by Crippen LogP contribution is -2.35. The number of para-hydroxylation sites is 1. The monoisotopic (exact) mass is 481 g/mol. The molecule has 0 aliphatic carbocycles. The molecule has 2 N–H and O–H groups in total. The minimum atomic E-state index is -0.401. The molecule has 2 atom stereocenters. The number of benzene rings is 3. The molecule has 1 aliphatic heterocycles. The number of aromatic nitrogens is 1. The summed E-state index contributed by atoms with van der Waals surface area (Å²) in [5.41, 5.74) is 2.74. The van der Waals surface area contributed by atoms with Crippen LogP contribution in [0.15, 0.2) is 89.7 Å². The normalized spacial score (nSPS) is 16.8. The number of fused-ring (bicyclic) bond motifs is 1. The first-order valence-corrected chi connectivity index (χ1v) is 12.5. The molecule has 3 aromatic carbocycles. The van der Waals surface area contributed by atoms with Gasteiger partial charge in [0.05, 0.1) is 23.4 Å². The van der Waals surface area contributed by atoms with E-state index in [4.69, 9.17) is 0 Å². The van der Waals surface area contributed by atoms with Gasteiger partial charge < -0.3 is 10.4 Å². The van der Waals surface area contributed by atoms with E-state index in [1.54, 1.807) is 10.6 Å². The van der Waals surface area contributed by atoms with E-state index in [0.717, 1.165) is 12.0 Å². The molecule has 0 radical (unpaired) electrons. The average Bonchev–Trinajstić information content (AvgIpc) is 3.33. The van der Waals surface area contributed by atoms with Gasteiger partial charge in [-0.1, -0.05) is 73.7 Å². The van der Waals surface area contributed by atoms with Crippen LogP contribution in [0.3, 0.4) is 0 Å². The molecule has 0 bridgehead atoms. The van der Waals surface area contributed by atoms with Gasteiger partial charge in [0.15, 0.2) is 0 Å². The van der Waals surface area contributed by atoms with Crippen LogP contribution in [0.5, 0.6) is 0 Å². The Morgan fingerprint density at radius 1 is 0.972 bits per heavy atom. The molecule has 1 saturated heterocycles. The lowest BCUT2D eigenvalue weighted by Gasteiger charge is -2.25. The predicted molar refractivity (Wildman–Crippen MR) is 142 cm³/mol. The van der Waals surface area contributed by atoms with Crippen LogP contribution in [0.4, 0.5) is 0 Å². The SMILES string of the molecule is CC[C@H](NC(=O)c1c(CN2CC[C@@H](O)C2)n(-c2ccccc2)c(=O)c2ccccc12)c1ccccc1. The van der Waals surface area contributed by atoms with Gasteiger partial charge >= 0.3 is 0 Å². The Kier molecular flexibility index (Phi) is 6.98. The summed E-state index contributed by atoms with van der Waals surface area (Å²) in [5.74, 6) is -0.207. The largest absolute Gasteiger partial charge is 0.392 e. The number of carbonyl (C=O) groups excluding carboxylic acids is 1. The van der Waals surface area contributed by atoms with E-state index in [0.29, 0.717) is 53.8 Å². The zero-order chi connectivity index (χ0) is 25.1. The smallest absolute Gasteiger partial charge is 0.263 e. The molecule has 1 aliphatic rings. The van der Waals surface area contributed by atoms with Crippen LogP contribution in [0.2, 0.25) is 0 Å². The molecule has 0 unspecified atom stereocenters. The van der Waals surface area contributed by atoms with Crippen molar-refractivity contribution in [3.63, 3.8) is 0 Å². The lowest BCUT2D eigenvalue weighted by atomic mass is 9.99. The number of aliphatic hydroxyl groups excluding tert-OH is 1. The van der Waals surface area contributed by atoms with Gasteiger partial charge in [0, 0.05) is 36.1 Å². The molecule has 4 aromatic rings. The molecule has 1 fully saturated rings. The minimum Gasteiger partial charge on any atom is -0.392 e. The summed E-state index contributed by atoms with van der Waals surface area (Å²) in [7, 11) is 0. The van der Waals surface area contributed by atoms with Crippen LogP contribution in [0.1, 0.15) is 47.4 Å². The zero-order valence-corrected chi connectivity index (χ0v) is 20.4. The van der Waals surface area contributed by atoms with Crippen molar-refractivity contribution < 1.29 is 9.90 Å². The molecular weight excluding hydrogens is 450 g/mol. The summed E-state index contributed by atoms with van der Waals surface area (Å²) >= 11 is 0. The number of hydrogen-bond donors (Lipinski definition) is 2. The molecule has 0 saturated carbocycles. The molecule has 1 amide bonds. The van der Waals surface area contributed by atoms with Crippen molar-refractivity contribution in [2.24, 2.45) is 0 Å². The second-order valence-electron chi connectivity index (χ2n) is 9.37. The number of hydrogen-bond acceptors (Lipinski definition) is 4. The third-order valence-corrected chi connectivity index (χ3v) is 6.97. The third kappa shape index (κ3) is 4.70. The first kappa shape index (κ1) is 24.0. The molecule has 36 heavy (non-hydrogen) atoms. The Hall–Kier alpha value is -3.74. The van der Waals surface area contributed by atoms with Gasteiger partial charge in [-0.05, 0) is 36.6 Å². The number of β-amino-alcohol motifs (C(OH)–C–C–N with tert-alkyl or cyclic N) is 1. The van der Waals surface area contributed by atoms with Crippen molar-refractivity contribution in [3.05, 3.63) is 112 Å². The molecule has 184 valence electrons. The molecule has 2 heterocycles. The Labute approximate surface area is 210 Å². The summed E-state index contributed by atoms with van der Waals surface area (Å²) < 4.78 is 1.67. The van der Waals surface area contributed by atoms with Crippen molar-refractivity contribution in [1.29, 1.82) is 0 Å². The molecule has 6 heteroatoms. The van der Waals surface area contributed by atoms with Crippen LogP contribution in [0.25, 0.3) is 16.5 Å². The second-order valence-corrected chi connectivity index (χ2v) is 9.37. The van der Waals surface area contributed by atoms with Gasteiger partial charge in [-0.3, -0.25) is 19.1 Å². The first-order chi connectivity index (χ1) is 17.6. The van der Waals surface area contributed by atoms with E-state index in [2.05, 4.69) is 10.2 Å². The minimum absolute atomic E-state index is 0.154. The van der Waals surface area contributed by atoms with E-state index >= 15 is 0 Å². The van der Waals surface area contributed by atoms with Crippen molar-refractivity contribution in [2.45, 2.75) is 38.5 Å². The Bertz CT molecular complexity index is 1420. The molecule has 5 rings (SSSR count).